The van der Waals surface area contributed by atoms with Crippen LogP contribution in [-0.4, -0.2) is 4.57 Å². The first-order chi connectivity index (χ1) is 11.3. The van der Waals surface area contributed by atoms with E-state index in [2.05, 4.69) is 102 Å². The monoisotopic (exact) mass is 299 g/mol. The molecule has 2 aromatic heterocycles. The van der Waals surface area contributed by atoms with Gasteiger partial charge in [-0.1, -0.05) is 54.6 Å². The summed E-state index contributed by atoms with van der Waals surface area (Å²) < 4.78 is 4.62. The van der Waals surface area contributed by atoms with Gasteiger partial charge < -0.3 is 0 Å². The van der Waals surface area contributed by atoms with Gasteiger partial charge >= 0.3 is 0 Å². The molecule has 0 unspecified atom stereocenters. The summed E-state index contributed by atoms with van der Waals surface area (Å²) in [7, 11) is 0. The van der Waals surface area contributed by atoms with Gasteiger partial charge in [-0.15, -0.1) is 0 Å². The van der Waals surface area contributed by atoms with E-state index in [0.717, 1.165) is 0 Å². The number of benzene rings is 2. The summed E-state index contributed by atoms with van der Waals surface area (Å²) in [5, 5.41) is 0. The van der Waals surface area contributed by atoms with E-state index < -0.39 is 0 Å². The molecule has 2 nitrogen and oxygen atoms in total. The van der Waals surface area contributed by atoms with Crippen LogP contribution < -0.4 is 4.40 Å². The first-order valence-corrected chi connectivity index (χ1v) is 7.90. The molecule has 0 atom stereocenters. The molecule has 23 heavy (non-hydrogen) atoms. The molecular weight excluding hydrogens is 280 g/mol. The number of para-hydroxylation sites is 1. The Bertz CT molecular complexity index is 981. The Kier molecular flexibility index (Phi) is 3.23. The minimum absolute atomic E-state index is 1.18. The van der Waals surface area contributed by atoms with Crippen LogP contribution in [0.4, 0.5) is 0 Å². The highest BCUT2D eigenvalue weighted by Gasteiger charge is 2.25. The van der Waals surface area contributed by atoms with E-state index in [1.165, 1.54) is 33.8 Å². The molecule has 4 rings (SSSR count). The highest BCUT2D eigenvalue weighted by atomic mass is 15.1. The van der Waals surface area contributed by atoms with Gasteiger partial charge in [-0.25, -0.2) is 0 Å². The van der Waals surface area contributed by atoms with Crippen LogP contribution in [-0.2, 0) is 0 Å². The van der Waals surface area contributed by atoms with Crippen molar-refractivity contribution in [3.05, 3.63) is 90.3 Å². The van der Waals surface area contributed by atoms with Gasteiger partial charge in [-0.05, 0) is 24.6 Å². The van der Waals surface area contributed by atoms with Crippen LogP contribution in [0.25, 0.3) is 22.6 Å². The lowest BCUT2D eigenvalue weighted by molar-refractivity contribution is -0.498. The van der Waals surface area contributed by atoms with Crippen molar-refractivity contribution in [3.63, 3.8) is 0 Å². The fraction of sp³-hybridized carbons (Fsp3) is 0.0952. The van der Waals surface area contributed by atoms with E-state index in [1.807, 2.05) is 0 Å². The van der Waals surface area contributed by atoms with E-state index in [4.69, 9.17) is 0 Å². The van der Waals surface area contributed by atoms with Crippen LogP contribution in [0.15, 0.2) is 79.0 Å². The summed E-state index contributed by atoms with van der Waals surface area (Å²) >= 11 is 0. The average molecular weight is 299 g/mol. The van der Waals surface area contributed by atoms with Gasteiger partial charge in [-0.3, -0.25) is 0 Å². The molecule has 0 bridgehead atoms. The Morgan fingerprint density at radius 1 is 0.739 bits per heavy atom. The smallest absolute Gasteiger partial charge is 0.195 e. The molecule has 0 fully saturated rings. The molecule has 0 aliphatic rings. The van der Waals surface area contributed by atoms with Crippen LogP contribution in [0.1, 0.15) is 11.3 Å². The summed E-state index contributed by atoms with van der Waals surface area (Å²) in [6, 6.07) is 25.5. The van der Waals surface area contributed by atoms with Crippen molar-refractivity contribution in [1.82, 2.24) is 4.57 Å². The van der Waals surface area contributed by atoms with Gasteiger partial charge in [0.05, 0.1) is 6.20 Å². The van der Waals surface area contributed by atoms with Crippen molar-refractivity contribution >= 4 is 5.65 Å². The Labute approximate surface area is 136 Å². The molecule has 2 aromatic carbocycles. The predicted molar refractivity (Wildman–Crippen MR) is 93.8 cm³/mol. The summed E-state index contributed by atoms with van der Waals surface area (Å²) in [4.78, 5) is 0. The molecule has 0 saturated heterocycles. The molecule has 2 heteroatoms. The van der Waals surface area contributed by atoms with Crippen LogP contribution in [0, 0.1) is 13.8 Å². The van der Waals surface area contributed by atoms with Gasteiger partial charge in [0.15, 0.2) is 11.4 Å². The molecule has 2 heterocycles. The fourth-order valence-corrected chi connectivity index (χ4v) is 3.32. The molecule has 4 aromatic rings. The number of imidazole rings is 1. The largest absolute Gasteiger partial charge is 0.292 e. The van der Waals surface area contributed by atoms with E-state index in [-0.39, 0.29) is 0 Å². The molecule has 112 valence electrons. The average Bonchev–Trinajstić information content (AvgIpc) is 2.88. The van der Waals surface area contributed by atoms with Gasteiger partial charge in [0.25, 0.3) is 5.65 Å². The maximum atomic E-state index is 2.34. The second kappa shape index (κ2) is 5.40. The van der Waals surface area contributed by atoms with Crippen molar-refractivity contribution < 1.29 is 4.40 Å². The quantitative estimate of drug-likeness (QED) is 0.482. The highest BCUT2D eigenvalue weighted by molar-refractivity contribution is 5.64. The van der Waals surface area contributed by atoms with Crippen molar-refractivity contribution in [2.45, 2.75) is 13.8 Å². The fourth-order valence-electron chi connectivity index (χ4n) is 3.32. The summed E-state index contributed by atoms with van der Waals surface area (Å²) in [6.07, 6.45) is 2.14. The zero-order valence-corrected chi connectivity index (χ0v) is 13.4. The number of nitrogens with zero attached hydrogens (tertiary/aromatic N) is 2. The maximum absolute atomic E-state index is 2.34. The van der Waals surface area contributed by atoms with Crippen LogP contribution >= 0.6 is 0 Å². The number of aromatic nitrogens is 2. The van der Waals surface area contributed by atoms with Crippen molar-refractivity contribution in [2.24, 2.45) is 0 Å². The number of aryl methyl sites for hydroxylation is 1. The lowest BCUT2D eigenvalue weighted by atomic mass is 10.1. The van der Waals surface area contributed by atoms with Gasteiger partial charge in [0, 0.05) is 18.6 Å². The molecule has 0 aliphatic heterocycles. The third-order valence-electron chi connectivity index (χ3n) is 4.39. The van der Waals surface area contributed by atoms with Crippen LogP contribution in [0.2, 0.25) is 0 Å². The van der Waals surface area contributed by atoms with Crippen molar-refractivity contribution in [2.75, 3.05) is 0 Å². The van der Waals surface area contributed by atoms with Gasteiger partial charge in [-0.2, -0.15) is 8.97 Å². The zero-order valence-electron chi connectivity index (χ0n) is 13.4. The van der Waals surface area contributed by atoms with Crippen molar-refractivity contribution in [3.8, 4) is 16.9 Å². The van der Waals surface area contributed by atoms with Gasteiger partial charge in [0.1, 0.15) is 5.69 Å². The Morgan fingerprint density at radius 2 is 1.43 bits per heavy atom. The molecule has 0 spiro atoms. The minimum atomic E-state index is 1.18. The van der Waals surface area contributed by atoms with Gasteiger partial charge in [0.2, 0.25) is 0 Å². The molecule has 0 aliphatic carbocycles. The van der Waals surface area contributed by atoms with Crippen molar-refractivity contribution in [1.29, 1.82) is 0 Å². The number of hydrogen-bond acceptors (Lipinski definition) is 0. The normalized spacial score (nSPS) is 11.0. The van der Waals surface area contributed by atoms with E-state index >= 15 is 0 Å². The standard InChI is InChI=1S/C21H19N2/c1-16-10-6-7-13-19(16)23-17(2)21(18-11-4-3-5-12-18)22-15-9-8-14-20(22)23/h3-15H,1-2H3/q+1. The molecule has 0 radical (unpaired) electrons. The minimum Gasteiger partial charge on any atom is -0.195 e. The topological polar surface area (TPSA) is 9.03 Å². The lowest BCUT2D eigenvalue weighted by Crippen LogP contribution is -2.21. The number of pyridine rings is 1. The Balaban J connectivity index is 2.11. The van der Waals surface area contributed by atoms with Crippen LogP contribution in [0.5, 0.6) is 0 Å². The third kappa shape index (κ3) is 2.15. The second-order valence-corrected chi connectivity index (χ2v) is 5.85. The van der Waals surface area contributed by atoms with E-state index in [0.29, 0.717) is 0 Å². The third-order valence-corrected chi connectivity index (χ3v) is 4.39. The SMILES string of the molecule is Cc1ccccc1-n1c(C)c(-c2ccccc2)[n+]2ccccc12. The second-order valence-electron chi connectivity index (χ2n) is 5.85. The van der Waals surface area contributed by atoms with E-state index in [9.17, 15) is 0 Å². The first kappa shape index (κ1) is 13.8. The highest BCUT2D eigenvalue weighted by Crippen LogP contribution is 2.26. The summed E-state index contributed by atoms with van der Waals surface area (Å²) in [5.74, 6) is 0. The molecule has 0 amide bonds. The predicted octanol–water partition coefficient (Wildman–Crippen LogP) is 4.50. The van der Waals surface area contributed by atoms with E-state index in [1.54, 1.807) is 0 Å². The summed E-state index contributed by atoms with van der Waals surface area (Å²) in [5.41, 5.74) is 7.41. The Morgan fingerprint density at radius 3 is 2.22 bits per heavy atom. The maximum Gasteiger partial charge on any atom is 0.292 e. The number of rotatable bonds is 2. The molecular formula is C21H19N2+. The van der Waals surface area contributed by atoms with Crippen LogP contribution in [0.3, 0.4) is 0 Å². The number of hydrogen-bond donors (Lipinski definition) is 0. The number of fused-ring (bicyclic) bond motifs is 1. The molecule has 0 N–H and O–H groups in total. The Hall–Kier alpha value is -2.87. The lowest BCUT2D eigenvalue weighted by Gasteiger charge is -2.03. The zero-order chi connectivity index (χ0) is 15.8. The first-order valence-electron chi connectivity index (χ1n) is 7.90. The molecule has 0 saturated carbocycles. The summed E-state index contributed by atoms with van der Waals surface area (Å²) in [6.45, 7) is 4.36.